The molecule has 0 fully saturated rings. The molecule has 23 heavy (non-hydrogen) atoms. The zero-order chi connectivity index (χ0) is 16.3. The molecule has 3 rings (SSSR count). The van der Waals surface area contributed by atoms with E-state index in [0.29, 0.717) is 11.4 Å². The number of aromatic nitrogens is 1. The molecule has 1 aromatic carbocycles. The second-order valence-electron chi connectivity index (χ2n) is 5.07. The Kier molecular flexibility index (Phi) is 4.75. The average Bonchev–Trinajstić information content (AvgIpc) is 3.04. The zero-order valence-electron chi connectivity index (χ0n) is 12.1. The van der Waals surface area contributed by atoms with Gasteiger partial charge in [-0.2, -0.15) is 0 Å². The van der Waals surface area contributed by atoms with Gasteiger partial charge in [0.15, 0.2) is 5.69 Å². The highest BCUT2D eigenvalue weighted by Crippen LogP contribution is 2.35. The molecule has 2 aromatic rings. The quantitative estimate of drug-likeness (QED) is 0.762. The third-order valence-electron chi connectivity index (χ3n) is 3.43. The first-order valence-electron chi connectivity index (χ1n) is 7.01. The second-order valence-corrected chi connectivity index (χ2v) is 7.35. The van der Waals surface area contributed by atoms with Crippen LogP contribution in [0, 0.1) is 0 Å². The van der Waals surface area contributed by atoms with Crippen LogP contribution in [0.3, 0.4) is 0 Å². The van der Waals surface area contributed by atoms with Crippen LogP contribution >= 0.6 is 27.3 Å². The topological polar surface area (TPSA) is 59.4 Å². The summed E-state index contributed by atoms with van der Waals surface area (Å²) in [5.74, 6) is -1.02. The van der Waals surface area contributed by atoms with Crippen molar-refractivity contribution >= 4 is 38.8 Å². The van der Waals surface area contributed by atoms with Crippen molar-refractivity contribution in [2.45, 2.75) is 17.5 Å². The molecule has 0 saturated carbocycles. The van der Waals surface area contributed by atoms with Crippen LogP contribution in [0.1, 0.15) is 27.5 Å². The van der Waals surface area contributed by atoms with E-state index in [-0.39, 0.29) is 12.3 Å². The summed E-state index contributed by atoms with van der Waals surface area (Å²) >= 11 is 4.88. The van der Waals surface area contributed by atoms with E-state index in [4.69, 9.17) is 9.84 Å². The molecule has 0 amide bonds. The van der Waals surface area contributed by atoms with Crippen LogP contribution in [0.5, 0.6) is 0 Å². The smallest absolute Gasteiger partial charge is 0.355 e. The van der Waals surface area contributed by atoms with Crippen LogP contribution in [0.2, 0.25) is 0 Å². The number of carbonyl (C=O) groups is 1. The fourth-order valence-corrected chi connectivity index (χ4v) is 3.30. The number of thiazole rings is 1. The van der Waals surface area contributed by atoms with Gasteiger partial charge in [-0.05, 0) is 33.1 Å². The molecule has 0 saturated heterocycles. The molecule has 1 aromatic heterocycles. The lowest BCUT2D eigenvalue weighted by Gasteiger charge is -2.26. The summed E-state index contributed by atoms with van der Waals surface area (Å²) in [6.45, 7) is 0.266. The van der Waals surface area contributed by atoms with Gasteiger partial charge in [0.05, 0.1) is 0 Å². The van der Waals surface area contributed by atoms with E-state index in [1.165, 1.54) is 22.3 Å². The molecule has 0 spiro atoms. The van der Waals surface area contributed by atoms with Crippen LogP contribution in [0.15, 0.2) is 53.9 Å². The van der Waals surface area contributed by atoms with Gasteiger partial charge in [-0.3, -0.25) is 0 Å². The maximum absolute atomic E-state index is 10.8. The van der Waals surface area contributed by atoms with Crippen LogP contribution in [-0.2, 0) is 11.3 Å². The normalized spacial score (nSPS) is 20.3. The number of benzene rings is 1. The van der Waals surface area contributed by atoms with Gasteiger partial charge in [-0.1, -0.05) is 42.5 Å². The van der Waals surface area contributed by atoms with E-state index < -0.39 is 10.5 Å². The predicted molar refractivity (Wildman–Crippen MR) is 93.7 cm³/mol. The lowest BCUT2D eigenvalue weighted by molar-refractivity contribution is 0.0530. The van der Waals surface area contributed by atoms with E-state index in [1.54, 1.807) is 0 Å². The Morgan fingerprint density at radius 1 is 1.39 bits per heavy atom. The highest BCUT2D eigenvalue weighted by Gasteiger charge is 2.26. The number of hydrogen-bond acceptors (Lipinski definition) is 4. The molecule has 1 unspecified atom stereocenters. The molecule has 118 valence electrons. The van der Waals surface area contributed by atoms with Crippen molar-refractivity contribution in [1.82, 2.24) is 4.98 Å². The molecule has 0 bridgehead atoms. The first-order chi connectivity index (χ1) is 11.1. The Morgan fingerprint density at radius 3 is 2.78 bits per heavy atom. The SMILES string of the molecule is O=C(O)c1csc(COC2(Br)C=CC(c3ccccc3)=CC2)n1. The summed E-state index contributed by atoms with van der Waals surface area (Å²) in [5, 5.41) is 11.0. The first-order valence-corrected chi connectivity index (χ1v) is 8.68. The predicted octanol–water partition coefficient (Wildman–Crippen LogP) is 4.49. The minimum absolute atomic E-state index is 0.0580. The molecule has 0 radical (unpaired) electrons. The average molecular weight is 392 g/mol. The van der Waals surface area contributed by atoms with Gasteiger partial charge >= 0.3 is 5.97 Å². The highest BCUT2D eigenvalue weighted by molar-refractivity contribution is 9.10. The number of allylic oxidation sites excluding steroid dienone is 2. The van der Waals surface area contributed by atoms with Crippen molar-refractivity contribution in [2.75, 3.05) is 0 Å². The number of hydrogen-bond donors (Lipinski definition) is 1. The highest BCUT2D eigenvalue weighted by atomic mass is 79.9. The molecule has 0 aliphatic heterocycles. The third-order valence-corrected chi connectivity index (χ3v) is 5.06. The van der Waals surface area contributed by atoms with E-state index in [9.17, 15) is 4.79 Å². The van der Waals surface area contributed by atoms with Gasteiger partial charge in [0.1, 0.15) is 16.1 Å². The first kappa shape index (κ1) is 16.1. The van der Waals surface area contributed by atoms with Crippen LogP contribution in [-0.4, -0.2) is 20.6 Å². The summed E-state index contributed by atoms with van der Waals surface area (Å²) in [7, 11) is 0. The van der Waals surface area contributed by atoms with Crippen molar-refractivity contribution in [3.8, 4) is 0 Å². The Balaban J connectivity index is 1.62. The number of halogens is 1. The molecule has 4 nitrogen and oxygen atoms in total. The summed E-state index contributed by atoms with van der Waals surface area (Å²) in [4.78, 5) is 14.9. The van der Waals surface area contributed by atoms with Gasteiger partial charge in [0, 0.05) is 11.8 Å². The van der Waals surface area contributed by atoms with Crippen LogP contribution in [0.4, 0.5) is 0 Å². The summed E-state index contributed by atoms with van der Waals surface area (Å²) in [5.41, 5.74) is 2.39. The van der Waals surface area contributed by atoms with E-state index >= 15 is 0 Å². The molecule has 1 aliphatic carbocycles. The molecule has 1 heterocycles. The number of ether oxygens (including phenoxy) is 1. The van der Waals surface area contributed by atoms with E-state index in [1.807, 2.05) is 30.4 Å². The molecule has 6 heteroatoms. The van der Waals surface area contributed by atoms with Gasteiger partial charge < -0.3 is 9.84 Å². The Hall–Kier alpha value is -1.76. The monoisotopic (exact) mass is 391 g/mol. The number of nitrogens with zero attached hydrogens (tertiary/aromatic N) is 1. The second kappa shape index (κ2) is 6.78. The lowest BCUT2D eigenvalue weighted by Crippen LogP contribution is -2.23. The standard InChI is InChI=1S/C17H14BrNO3S/c18-17(22-10-15-19-14(11-23-15)16(20)21)8-6-13(7-9-17)12-4-2-1-3-5-12/h1-8,11H,9-10H2,(H,20,21). The Bertz CT molecular complexity index is 769. The van der Waals surface area contributed by atoms with Crippen LogP contribution in [0.25, 0.3) is 5.57 Å². The van der Waals surface area contributed by atoms with Gasteiger partial charge in [0.25, 0.3) is 0 Å². The number of carboxylic acid groups (broad SMARTS) is 1. The maximum Gasteiger partial charge on any atom is 0.355 e. The molecular formula is C17H14BrNO3S. The van der Waals surface area contributed by atoms with E-state index in [2.05, 4.69) is 39.1 Å². The summed E-state index contributed by atoms with van der Waals surface area (Å²) < 4.78 is 5.29. The van der Waals surface area contributed by atoms with Crippen molar-refractivity contribution in [1.29, 1.82) is 0 Å². The summed E-state index contributed by atoms with van der Waals surface area (Å²) in [6.07, 6.45) is 6.80. The third kappa shape index (κ3) is 3.96. The maximum atomic E-state index is 10.8. The molecule has 1 atom stereocenters. The van der Waals surface area contributed by atoms with Crippen molar-refractivity contribution in [3.05, 3.63) is 70.2 Å². The minimum atomic E-state index is -1.02. The number of aromatic carboxylic acids is 1. The van der Waals surface area contributed by atoms with Gasteiger partial charge in [-0.15, -0.1) is 11.3 Å². The molecule has 1 N–H and O–H groups in total. The number of alkyl halides is 1. The largest absolute Gasteiger partial charge is 0.476 e. The van der Waals surface area contributed by atoms with Crippen LogP contribution < -0.4 is 0 Å². The fourth-order valence-electron chi connectivity index (χ4n) is 2.21. The van der Waals surface area contributed by atoms with Crippen molar-refractivity contribution in [3.63, 3.8) is 0 Å². The summed E-state index contributed by atoms with van der Waals surface area (Å²) in [6, 6.07) is 10.2. The number of carboxylic acids is 1. The van der Waals surface area contributed by atoms with Crippen molar-refractivity contribution < 1.29 is 14.6 Å². The number of rotatable bonds is 5. The Labute approximate surface area is 146 Å². The lowest BCUT2D eigenvalue weighted by atomic mass is 9.98. The zero-order valence-corrected chi connectivity index (χ0v) is 14.5. The minimum Gasteiger partial charge on any atom is -0.476 e. The van der Waals surface area contributed by atoms with Crippen molar-refractivity contribution in [2.24, 2.45) is 0 Å². The van der Waals surface area contributed by atoms with Gasteiger partial charge in [-0.25, -0.2) is 9.78 Å². The van der Waals surface area contributed by atoms with Gasteiger partial charge in [0.2, 0.25) is 0 Å². The molecular weight excluding hydrogens is 378 g/mol. The fraction of sp³-hybridized carbons (Fsp3) is 0.176. The Morgan fingerprint density at radius 2 is 2.17 bits per heavy atom. The molecule has 1 aliphatic rings. The van der Waals surface area contributed by atoms with E-state index in [0.717, 1.165) is 5.57 Å².